The van der Waals surface area contributed by atoms with Crippen LogP contribution in [0.1, 0.15) is 38.5 Å². The average Bonchev–Trinajstić information content (AvgIpc) is 3.40. The Balaban J connectivity index is 1.56. The number of carbonyl (C=O) groups excluding carboxylic acids is 1. The molecule has 2 aromatic carbocycles. The molecule has 7 nitrogen and oxygen atoms in total. The molecule has 0 radical (unpaired) electrons. The van der Waals surface area contributed by atoms with Gasteiger partial charge in [-0.3, -0.25) is 4.79 Å². The van der Waals surface area contributed by atoms with Crippen LogP contribution in [0.2, 0.25) is 0 Å². The molecule has 2 aromatic heterocycles. The molecule has 9 heteroatoms. The van der Waals surface area contributed by atoms with E-state index in [1.165, 1.54) is 11.3 Å². The predicted octanol–water partition coefficient (Wildman–Crippen LogP) is 2.55. The van der Waals surface area contributed by atoms with E-state index in [4.69, 9.17) is 15.7 Å². The van der Waals surface area contributed by atoms with Crippen LogP contribution in [0.4, 0.5) is 5.82 Å². The number of anilines is 1. The first-order valence-corrected chi connectivity index (χ1v) is 11.6. The third kappa shape index (κ3) is 3.99. The lowest BCUT2D eigenvalue weighted by Crippen LogP contribution is -2.30. The molecular weight excluding hydrogens is 435 g/mol. The molecule has 0 saturated heterocycles. The summed E-state index contributed by atoms with van der Waals surface area (Å²) in [6, 6.07) is 12.8. The smallest absolute Gasteiger partial charge is 0.423 e. The van der Waals surface area contributed by atoms with E-state index in [2.05, 4.69) is 5.32 Å². The maximum atomic E-state index is 11.9. The van der Waals surface area contributed by atoms with E-state index >= 15 is 0 Å². The lowest BCUT2D eigenvalue weighted by molar-refractivity contribution is 0.100. The van der Waals surface area contributed by atoms with Crippen LogP contribution in [0.5, 0.6) is 0 Å². The minimum absolute atomic E-state index is 0.444. The molecule has 0 unspecified atom stereocenters. The van der Waals surface area contributed by atoms with Crippen molar-refractivity contribution in [3.05, 3.63) is 69.7 Å². The highest BCUT2D eigenvalue weighted by Crippen LogP contribution is 2.40. The molecule has 0 saturated carbocycles. The van der Waals surface area contributed by atoms with E-state index in [0.717, 1.165) is 62.4 Å². The molecule has 2 heterocycles. The van der Waals surface area contributed by atoms with Crippen molar-refractivity contribution >= 4 is 45.7 Å². The largest absolute Gasteiger partial charge is 0.488 e. The van der Waals surface area contributed by atoms with Crippen molar-refractivity contribution in [2.45, 2.75) is 32.7 Å². The molecule has 0 bridgehead atoms. The van der Waals surface area contributed by atoms with Gasteiger partial charge in [-0.2, -0.15) is 0 Å². The Hall–Kier alpha value is -3.27. The molecule has 1 aliphatic carbocycles. The van der Waals surface area contributed by atoms with Gasteiger partial charge in [0, 0.05) is 38.3 Å². The monoisotopic (exact) mass is 458 g/mol. The van der Waals surface area contributed by atoms with Gasteiger partial charge in [-0.15, -0.1) is 11.3 Å². The third-order valence-corrected chi connectivity index (χ3v) is 7.18. The molecule has 33 heavy (non-hydrogen) atoms. The second-order valence-corrected chi connectivity index (χ2v) is 9.45. The minimum Gasteiger partial charge on any atom is -0.423 e. The van der Waals surface area contributed by atoms with E-state index in [-0.39, 0.29) is 0 Å². The first-order valence-electron chi connectivity index (χ1n) is 10.8. The SMILES string of the molecule is Cc1sc2c(C(N)=O)cccc2c1-c1nc2c(c(NCc3cccc(B(O)O)c3)n1)CCC2. The number of nitrogens with one attached hydrogen (secondary N) is 1. The van der Waals surface area contributed by atoms with Gasteiger partial charge in [-0.05, 0) is 43.3 Å². The molecule has 1 aliphatic rings. The maximum absolute atomic E-state index is 11.9. The van der Waals surface area contributed by atoms with Gasteiger partial charge in [0.2, 0.25) is 5.91 Å². The highest BCUT2D eigenvalue weighted by atomic mass is 32.1. The number of nitrogens with zero attached hydrogens (tertiary/aromatic N) is 2. The molecule has 5 N–H and O–H groups in total. The van der Waals surface area contributed by atoms with Crippen LogP contribution in [0.15, 0.2) is 42.5 Å². The fourth-order valence-electron chi connectivity index (χ4n) is 4.45. The van der Waals surface area contributed by atoms with Gasteiger partial charge in [-0.1, -0.05) is 36.4 Å². The molecule has 4 aromatic rings. The fourth-order valence-corrected chi connectivity index (χ4v) is 5.62. The molecule has 1 amide bonds. The fraction of sp³-hybridized carbons (Fsp3) is 0.208. The van der Waals surface area contributed by atoms with Crippen molar-refractivity contribution in [2.75, 3.05) is 5.32 Å². The summed E-state index contributed by atoms with van der Waals surface area (Å²) in [7, 11) is -1.50. The summed E-state index contributed by atoms with van der Waals surface area (Å²) in [5.74, 6) is 0.996. The van der Waals surface area contributed by atoms with E-state index in [9.17, 15) is 14.8 Å². The quantitative estimate of drug-likeness (QED) is 0.330. The van der Waals surface area contributed by atoms with Crippen molar-refractivity contribution < 1.29 is 14.8 Å². The van der Waals surface area contributed by atoms with Crippen LogP contribution in [0.3, 0.4) is 0 Å². The van der Waals surface area contributed by atoms with Crippen LogP contribution >= 0.6 is 11.3 Å². The van der Waals surface area contributed by atoms with Crippen molar-refractivity contribution in [1.82, 2.24) is 9.97 Å². The van der Waals surface area contributed by atoms with Crippen molar-refractivity contribution in [1.29, 1.82) is 0 Å². The normalized spacial score (nSPS) is 12.7. The summed E-state index contributed by atoms with van der Waals surface area (Å²) < 4.78 is 0.857. The van der Waals surface area contributed by atoms with E-state index in [1.54, 1.807) is 24.3 Å². The van der Waals surface area contributed by atoms with E-state index in [0.29, 0.717) is 23.4 Å². The molecule has 5 rings (SSSR count). The number of aromatic nitrogens is 2. The zero-order valence-corrected chi connectivity index (χ0v) is 18.9. The predicted molar refractivity (Wildman–Crippen MR) is 132 cm³/mol. The zero-order valence-electron chi connectivity index (χ0n) is 18.1. The first kappa shape index (κ1) is 21.6. The van der Waals surface area contributed by atoms with Gasteiger partial charge >= 0.3 is 7.12 Å². The summed E-state index contributed by atoms with van der Waals surface area (Å²) in [6.45, 7) is 2.51. The standard InChI is InChI=1S/C24H23BN4O3S/c1-13-20(17-8-3-9-18(22(26)30)21(17)33-13)24-28-19-10-4-7-16(19)23(29-24)27-12-14-5-2-6-15(11-14)25(31)32/h2-3,5-6,8-9,11,31-32H,4,7,10,12H2,1H3,(H2,26,30)(H,27,28,29). The number of hydrogen-bond donors (Lipinski definition) is 4. The highest BCUT2D eigenvalue weighted by molar-refractivity contribution is 7.20. The molecule has 0 aliphatic heterocycles. The zero-order chi connectivity index (χ0) is 23.1. The Bertz CT molecular complexity index is 1390. The number of hydrogen-bond acceptors (Lipinski definition) is 7. The van der Waals surface area contributed by atoms with Crippen molar-refractivity contribution in [2.24, 2.45) is 5.73 Å². The molecule has 0 atom stereocenters. The Morgan fingerprint density at radius 2 is 2.00 bits per heavy atom. The van der Waals surface area contributed by atoms with E-state index < -0.39 is 13.0 Å². The van der Waals surface area contributed by atoms with Crippen molar-refractivity contribution in [3.63, 3.8) is 0 Å². The van der Waals surface area contributed by atoms with Gasteiger partial charge in [0.25, 0.3) is 0 Å². The maximum Gasteiger partial charge on any atom is 0.488 e. The number of nitrogens with two attached hydrogens (primary N) is 1. The van der Waals surface area contributed by atoms with Crippen LogP contribution in [-0.2, 0) is 19.4 Å². The Labute approximate surface area is 195 Å². The topological polar surface area (TPSA) is 121 Å². The van der Waals surface area contributed by atoms with Crippen LogP contribution in [0, 0.1) is 6.92 Å². The summed E-state index contributed by atoms with van der Waals surface area (Å²) in [4.78, 5) is 22.8. The molecule has 166 valence electrons. The number of amides is 1. The number of rotatable bonds is 6. The Morgan fingerprint density at radius 1 is 1.18 bits per heavy atom. The summed E-state index contributed by atoms with van der Waals surface area (Å²) in [5.41, 5.74) is 10.6. The Morgan fingerprint density at radius 3 is 2.79 bits per heavy atom. The van der Waals surface area contributed by atoms with Crippen LogP contribution < -0.4 is 16.5 Å². The number of carbonyl (C=O) groups is 1. The Kier molecular flexibility index (Phi) is 5.61. The van der Waals surface area contributed by atoms with Gasteiger partial charge in [0.1, 0.15) is 5.82 Å². The first-order chi connectivity index (χ1) is 15.9. The lowest BCUT2D eigenvalue weighted by Gasteiger charge is -2.13. The van der Waals surface area contributed by atoms with E-state index in [1.807, 2.05) is 25.1 Å². The molecule has 0 spiro atoms. The molecular formula is C24H23BN4O3S. The van der Waals surface area contributed by atoms with Gasteiger partial charge in [0.15, 0.2) is 5.82 Å². The molecule has 0 fully saturated rings. The number of thiophene rings is 1. The second-order valence-electron chi connectivity index (χ2n) is 8.23. The van der Waals surface area contributed by atoms with Gasteiger partial charge in [0.05, 0.1) is 5.56 Å². The summed E-state index contributed by atoms with van der Waals surface area (Å²) >= 11 is 1.53. The van der Waals surface area contributed by atoms with Crippen molar-refractivity contribution in [3.8, 4) is 11.4 Å². The van der Waals surface area contributed by atoms with Crippen LogP contribution in [0.25, 0.3) is 21.5 Å². The second kappa shape index (κ2) is 8.59. The average molecular weight is 458 g/mol. The number of aryl methyl sites for hydroxylation is 2. The summed E-state index contributed by atoms with van der Waals surface area (Å²) in [6.07, 6.45) is 2.85. The highest BCUT2D eigenvalue weighted by Gasteiger charge is 2.23. The number of benzene rings is 2. The van der Waals surface area contributed by atoms with Crippen LogP contribution in [-0.4, -0.2) is 33.0 Å². The summed E-state index contributed by atoms with van der Waals surface area (Å²) in [5, 5.41) is 23.3. The lowest BCUT2D eigenvalue weighted by atomic mass is 9.79. The minimum atomic E-state index is -1.50. The third-order valence-electron chi connectivity index (χ3n) is 6.02. The van der Waals surface area contributed by atoms with Gasteiger partial charge < -0.3 is 21.1 Å². The van der Waals surface area contributed by atoms with Gasteiger partial charge in [-0.25, -0.2) is 9.97 Å². The number of fused-ring (bicyclic) bond motifs is 2. The number of primary amides is 1.